The lowest BCUT2D eigenvalue weighted by atomic mass is 10.1. The van der Waals surface area contributed by atoms with E-state index in [1.807, 2.05) is 25.1 Å². The van der Waals surface area contributed by atoms with Gasteiger partial charge in [-0.05, 0) is 30.2 Å². The molecule has 2 nitrogen and oxygen atoms in total. The van der Waals surface area contributed by atoms with Crippen molar-refractivity contribution in [2.75, 3.05) is 6.54 Å². The monoisotopic (exact) mass is 265 g/mol. The second kappa shape index (κ2) is 4.19. The fourth-order valence-electron chi connectivity index (χ4n) is 1.75. The minimum atomic E-state index is 0.0422. The number of halogens is 1. The Hall–Kier alpha value is -1.09. The van der Waals surface area contributed by atoms with Gasteiger partial charge in [0.15, 0.2) is 0 Å². The fraction of sp³-hybridized carbons (Fsp3) is 0.250. The molecule has 1 aromatic carbocycles. The first-order valence-electron chi connectivity index (χ1n) is 4.98. The summed E-state index contributed by atoms with van der Waals surface area (Å²) in [5.41, 5.74) is 3.20. The lowest BCUT2D eigenvalue weighted by Crippen LogP contribution is -2.24. The molecule has 0 saturated carbocycles. The molecule has 0 unspecified atom stereocenters. The normalized spacial score (nSPS) is 13.3. The first-order valence-corrected chi connectivity index (χ1v) is 5.78. The van der Waals surface area contributed by atoms with Gasteiger partial charge in [-0.25, -0.2) is 0 Å². The van der Waals surface area contributed by atoms with E-state index >= 15 is 0 Å². The molecule has 2 rings (SSSR count). The number of carbonyl (C=O) groups is 1. The molecule has 0 bridgehead atoms. The standard InChI is InChI=1S/C12H12BrNO/c1-2-14-12(15)9-6-8-4-3-5-11(13)10(8)7-9/h3-5,7H,2,6H2,1H3,(H,14,15). The lowest BCUT2D eigenvalue weighted by molar-refractivity contribution is -0.117. The van der Waals surface area contributed by atoms with E-state index in [0.717, 1.165) is 22.0 Å². The molecule has 0 heterocycles. The van der Waals surface area contributed by atoms with E-state index in [4.69, 9.17) is 0 Å². The summed E-state index contributed by atoms with van der Waals surface area (Å²) >= 11 is 3.49. The van der Waals surface area contributed by atoms with E-state index in [1.165, 1.54) is 5.56 Å². The van der Waals surface area contributed by atoms with Crippen molar-refractivity contribution in [3.63, 3.8) is 0 Å². The molecule has 78 valence electrons. The number of amides is 1. The van der Waals surface area contributed by atoms with Crippen LogP contribution in [0.3, 0.4) is 0 Å². The highest BCUT2D eigenvalue weighted by Crippen LogP contribution is 2.30. The third-order valence-electron chi connectivity index (χ3n) is 2.47. The van der Waals surface area contributed by atoms with Gasteiger partial charge in [-0.2, -0.15) is 0 Å². The zero-order chi connectivity index (χ0) is 10.8. The molecule has 0 radical (unpaired) electrons. The smallest absolute Gasteiger partial charge is 0.247 e. The molecule has 0 fully saturated rings. The van der Waals surface area contributed by atoms with E-state index in [0.29, 0.717) is 6.54 Å². The summed E-state index contributed by atoms with van der Waals surface area (Å²) in [5, 5.41) is 2.82. The molecule has 0 saturated heterocycles. The molecule has 0 aromatic heterocycles. The van der Waals surface area contributed by atoms with Crippen molar-refractivity contribution in [2.45, 2.75) is 13.3 Å². The van der Waals surface area contributed by atoms with E-state index in [2.05, 4.69) is 27.3 Å². The summed E-state index contributed by atoms with van der Waals surface area (Å²) in [5.74, 6) is 0.0422. The predicted octanol–water partition coefficient (Wildman–Crippen LogP) is 2.52. The molecule has 1 N–H and O–H groups in total. The number of hydrogen-bond donors (Lipinski definition) is 1. The van der Waals surface area contributed by atoms with Crippen molar-refractivity contribution in [1.82, 2.24) is 5.32 Å². The van der Waals surface area contributed by atoms with Crippen molar-refractivity contribution in [1.29, 1.82) is 0 Å². The van der Waals surface area contributed by atoms with Gasteiger partial charge < -0.3 is 5.32 Å². The summed E-state index contributed by atoms with van der Waals surface area (Å²) < 4.78 is 1.05. The minimum Gasteiger partial charge on any atom is -0.353 e. The van der Waals surface area contributed by atoms with Gasteiger partial charge in [-0.3, -0.25) is 4.79 Å². The minimum absolute atomic E-state index is 0.0422. The molecule has 0 aliphatic heterocycles. The molecular formula is C12H12BrNO. The molecular weight excluding hydrogens is 254 g/mol. The Morgan fingerprint density at radius 1 is 1.53 bits per heavy atom. The lowest BCUT2D eigenvalue weighted by Gasteiger charge is -2.01. The Morgan fingerprint density at radius 3 is 3.00 bits per heavy atom. The van der Waals surface area contributed by atoms with E-state index < -0.39 is 0 Å². The Kier molecular flexibility index (Phi) is 2.91. The molecule has 15 heavy (non-hydrogen) atoms. The van der Waals surface area contributed by atoms with Gasteiger partial charge in [0.25, 0.3) is 0 Å². The Labute approximate surface area is 97.5 Å². The van der Waals surface area contributed by atoms with Crippen LogP contribution in [0.25, 0.3) is 6.08 Å². The molecule has 0 spiro atoms. The van der Waals surface area contributed by atoms with Crippen LogP contribution in [0, 0.1) is 0 Å². The Bertz CT molecular complexity index is 437. The predicted molar refractivity (Wildman–Crippen MR) is 64.5 cm³/mol. The van der Waals surface area contributed by atoms with Crippen LogP contribution in [-0.4, -0.2) is 12.5 Å². The summed E-state index contributed by atoms with van der Waals surface area (Å²) in [7, 11) is 0. The van der Waals surface area contributed by atoms with Crippen LogP contribution in [0.1, 0.15) is 18.1 Å². The maximum absolute atomic E-state index is 11.6. The third-order valence-corrected chi connectivity index (χ3v) is 3.16. The fourth-order valence-corrected chi connectivity index (χ4v) is 2.27. The zero-order valence-corrected chi connectivity index (χ0v) is 10.1. The Morgan fingerprint density at radius 2 is 2.33 bits per heavy atom. The summed E-state index contributed by atoms with van der Waals surface area (Å²) in [6, 6.07) is 6.05. The number of rotatable bonds is 2. The van der Waals surface area contributed by atoms with Gasteiger partial charge >= 0.3 is 0 Å². The second-order valence-electron chi connectivity index (χ2n) is 3.52. The van der Waals surface area contributed by atoms with Gasteiger partial charge in [-0.1, -0.05) is 28.1 Å². The highest BCUT2D eigenvalue weighted by Gasteiger charge is 2.19. The third kappa shape index (κ3) is 1.97. The first kappa shape index (κ1) is 10.4. The Balaban J connectivity index is 2.28. The van der Waals surface area contributed by atoms with Crippen LogP contribution in [0.5, 0.6) is 0 Å². The SMILES string of the molecule is CCNC(=O)C1=Cc2c(Br)cccc2C1. The quantitative estimate of drug-likeness (QED) is 0.875. The molecule has 1 amide bonds. The number of likely N-dealkylation sites (N-methyl/N-ethyl adjacent to an activating group) is 1. The van der Waals surface area contributed by atoms with Crippen molar-refractivity contribution in [2.24, 2.45) is 0 Å². The second-order valence-corrected chi connectivity index (χ2v) is 4.37. The number of benzene rings is 1. The maximum Gasteiger partial charge on any atom is 0.247 e. The molecule has 1 aromatic rings. The highest BCUT2D eigenvalue weighted by atomic mass is 79.9. The number of fused-ring (bicyclic) bond motifs is 1. The number of hydrogen-bond acceptors (Lipinski definition) is 1. The summed E-state index contributed by atoms with van der Waals surface area (Å²) in [4.78, 5) is 11.6. The van der Waals surface area contributed by atoms with E-state index in [-0.39, 0.29) is 5.91 Å². The first-order chi connectivity index (χ1) is 7.22. The molecule has 3 heteroatoms. The number of carbonyl (C=O) groups excluding carboxylic acids is 1. The van der Waals surface area contributed by atoms with Crippen LogP contribution in [0.15, 0.2) is 28.2 Å². The van der Waals surface area contributed by atoms with Crippen LogP contribution in [-0.2, 0) is 11.2 Å². The van der Waals surface area contributed by atoms with Crippen LogP contribution < -0.4 is 5.32 Å². The van der Waals surface area contributed by atoms with E-state index in [9.17, 15) is 4.79 Å². The average molecular weight is 266 g/mol. The van der Waals surface area contributed by atoms with Gasteiger partial charge in [0.2, 0.25) is 5.91 Å². The van der Waals surface area contributed by atoms with Crippen molar-refractivity contribution < 1.29 is 4.79 Å². The highest BCUT2D eigenvalue weighted by molar-refractivity contribution is 9.10. The van der Waals surface area contributed by atoms with Crippen molar-refractivity contribution in [3.8, 4) is 0 Å². The van der Waals surface area contributed by atoms with Crippen LogP contribution in [0.2, 0.25) is 0 Å². The molecule has 1 aliphatic carbocycles. The summed E-state index contributed by atoms with van der Waals surface area (Å²) in [6.07, 6.45) is 2.70. The van der Waals surface area contributed by atoms with Crippen molar-refractivity contribution in [3.05, 3.63) is 39.4 Å². The largest absolute Gasteiger partial charge is 0.353 e. The van der Waals surface area contributed by atoms with Gasteiger partial charge in [0.05, 0.1) is 0 Å². The summed E-state index contributed by atoms with van der Waals surface area (Å²) in [6.45, 7) is 2.60. The van der Waals surface area contributed by atoms with Gasteiger partial charge in [0.1, 0.15) is 0 Å². The van der Waals surface area contributed by atoms with Crippen LogP contribution in [0.4, 0.5) is 0 Å². The van der Waals surface area contributed by atoms with Gasteiger partial charge in [-0.15, -0.1) is 0 Å². The topological polar surface area (TPSA) is 29.1 Å². The van der Waals surface area contributed by atoms with E-state index in [1.54, 1.807) is 0 Å². The average Bonchev–Trinajstić information content (AvgIpc) is 2.63. The maximum atomic E-state index is 11.6. The number of nitrogens with one attached hydrogen (secondary N) is 1. The van der Waals surface area contributed by atoms with Crippen LogP contribution >= 0.6 is 15.9 Å². The molecule has 1 aliphatic rings. The zero-order valence-electron chi connectivity index (χ0n) is 8.51. The molecule has 0 atom stereocenters. The van der Waals surface area contributed by atoms with Crippen molar-refractivity contribution >= 4 is 27.9 Å². The van der Waals surface area contributed by atoms with Gasteiger partial charge in [0, 0.05) is 23.0 Å².